The molecule has 1 fully saturated rings. The Morgan fingerprint density at radius 3 is 2.72 bits per heavy atom. The van der Waals surface area contributed by atoms with E-state index in [2.05, 4.69) is 5.32 Å². The van der Waals surface area contributed by atoms with Gasteiger partial charge in [0.15, 0.2) is 0 Å². The third-order valence-corrected chi connectivity index (χ3v) is 5.26. The average molecular weight is 397 g/mol. The van der Waals surface area contributed by atoms with Gasteiger partial charge in [0.2, 0.25) is 11.8 Å². The van der Waals surface area contributed by atoms with E-state index < -0.39 is 6.04 Å². The molecule has 3 amide bonds. The fourth-order valence-electron chi connectivity index (χ4n) is 3.76. The van der Waals surface area contributed by atoms with E-state index in [4.69, 9.17) is 4.74 Å². The SMILES string of the molecule is COCC(=O)N1CCN2C(=O)c3cc(-c4ccccc4F)ccc3NC(=O)[C@H]2C1. The van der Waals surface area contributed by atoms with E-state index >= 15 is 0 Å². The molecule has 2 aromatic carbocycles. The summed E-state index contributed by atoms with van der Waals surface area (Å²) >= 11 is 0. The second kappa shape index (κ2) is 7.63. The second-order valence-corrected chi connectivity index (χ2v) is 7.02. The van der Waals surface area contributed by atoms with E-state index in [-0.39, 0.29) is 43.2 Å². The van der Waals surface area contributed by atoms with Crippen LogP contribution in [-0.2, 0) is 14.3 Å². The molecule has 0 aliphatic carbocycles. The molecule has 0 aromatic heterocycles. The monoisotopic (exact) mass is 397 g/mol. The van der Waals surface area contributed by atoms with E-state index in [1.165, 1.54) is 23.0 Å². The minimum Gasteiger partial charge on any atom is -0.375 e. The summed E-state index contributed by atoms with van der Waals surface area (Å²) in [5.41, 5.74) is 1.62. The number of hydrogen-bond donors (Lipinski definition) is 1. The zero-order chi connectivity index (χ0) is 20.5. The number of hydrogen-bond acceptors (Lipinski definition) is 4. The molecule has 0 bridgehead atoms. The summed E-state index contributed by atoms with van der Waals surface area (Å²) in [6, 6.07) is 10.4. The maximum atomic E-state index is 14.2. The van der Waals surface area contributed by atoms with Crippen LogP contribution in [0, 0.1) is 5.82 Å². The van der Waals surface area contributed by atoms with Gasteiger partial charge in [0.05, 0.1) is 17.8 Å². The van der Waals surface area contributed by atoms with Crippen LogP contribution in [0.4, 0.5) is 10.1 Å². The number of piperazine rings is 1. The first-order valence-electron chi connectivity index (χ1n) is 9.27. The normalized spacial score (nSPS) is 18.6. The minimum atomic E-state index is -0.790. The average Bonchev–Trinajstić information content (AvgIpc) is 2.83. The maximum Gasteiger partial charge on any atom is 0.256 e. The molecule has 1 N–H and O–H groups in total. The van der Waals surface area contributed by atoms with Gasteiger partial charge in [-0.2, -0.15) is 0 Å². The van der Waals surface area contributed by atoms with E-state index in [1.807, 2.05) is 0 Å². The fraction of sp³-hybridized carbons (Fsp3) is 0.286. The molecular weight excluding hydrogens is 377 g/mol. The van der Waals surface area contributed by atoms with Gasteiger partial charge in [-0.15, -0.1) is 0 Å². The van der Waals surface area contributed by atoms with E-state index in [9.17, 15) is 18.8 Å². The number of anilines is 1. The minimum absolute atomic E-state index is 0.0749. The number of carbonyl (C=O) groups is 3. The zero-order valence-electron chi connectivity index (χ0n) is 15.9. The van der Waals surface area contributed by atoms with Crippen LogP contribution in [0.25, 0.3) is 11.1 Å². The lowest BCUT2D eigenvalue weighted by Gasteiger charge is -2.39. The van der Waals surface area contributed by atoms with Crippen LogP contribution in [-0.4, -0.2) is 66.9 Å². The van der Waals surface area contributed by atoms with Crippen molar-refractivity contribution in [3.05, 3.63) is 53.8 Å². The topological polar surface area (TPSA) is 79.0 Å². The van der Waals surface area contributed by atoms with Gasteiger partial charge in [0.1, 0.15) is 18.5 Å². The molecular formula is C21H20FN3O4. The molecule has 4 rings (SSSR count). The van der Waals surface area contributed by atoms with E-state index in [0.717, 1.165) is 0 Å². The maximum absolute atomic E-state index is 14.2. The van der Waals surface area contributed by atoms with Crippen molar-refractivity contribution in [2.45, 2.75) is 6.04 Å². The van der Waals surface area contributed by atoms with Gasteiger partial charge in [-0.25, -0.2) is 4.39 Å². The number of halogens is 1. The predicted molar refractivity (Wildman–Crippen MR) is 104 cm³/mol. The first kappa shape index (κ1) is 19.1. The molecule has 1 saturated heterocycles. The Morgan fingerprint density at radius 2 is 1.97 bits per heavy atom. The van der Waals surface area contributed by atoms with Crippen LogP contribution in [0.1, 0.15) is 10.4 Å². The Balaban J connectivity index is 1.66. The molecule has 2 aliphatic heterocycles. The highest BCUT2D eigenvalue weighted by atomic mass is 19.1. The lowest BCUT2D eigenvalue weighted by atomic mass is 10.0. The summed E-state index contributed by atoms with van der Waals surface area (Å²) < 4.78 is 19.1. The lowest BCUT2D eigenvalue weighted by Crippen LogP contribution is -2.59. The smallest absolute Gasteiger partial charge is 0.256 e. The van der Waals surface area contributed by atoms with Crippen molar-refractivity contribution in [3.8, 4) is 11.1 Å². The molecule has 0 radical (unpaired) electrons. The number of carbonyl (C=O) groups excluding carboxylic acids is 3. The Labute approximate surface area is 167 Å². The van der Waals surface area contributed by atoms with Crippen LogP contribution in [0.15, 0.2) is 42.5 Å². The number of rotatable bonds is 3. The summed E-state index contributed by atoms with van der Waals surface area (Å²) in [5, 5.41) is 2.77. The standard InChI is InChI=1S/C21H20FN3O4/c1-29-12-19(26)24-8-9-25-18(11-24)20(27)23-17-7-6-13(10-15(17)21(25)28)14-4-2-3-5-16(14)22/h2-7,10,18H,8-9,11-12H2,1H3,(H,23,27)/t18-/m1/s1. The highest BCUT2D eigenvalue weighted by Crippen LogP contribution is 2.31. The van der Waals surface area contributed by atoms with Crippen LogP contribution in [0.5, 0.6) is 0 Å². The van der Waals surface area contributed by atoms with Gasteiger partial charge in [-0.05, 0) is 23.8 Å². The largest absolute Gasteiger partial charge is 0.375 e. The number of amides is 3. The van der Waals surface area contributed by atoms with Crippen molar-refractivity contribution in [1.29, 1.82) is 0 Å². The molecule has 0 unspecified atom stereocenters. The van der Waals surface area contributed by atoms with Crippen LogP contribution < -0.4 is 5.32 Å². The number of benzene rings is 2. The highest BCUT2D eigenvalue weighted by molar-refractivity contribution is 6.10. The molecule has 2 aromatic rings. The quantitative estimate of drug-likeness (QED) is 0.856. The van der Waals surface area contributed by atoms with Crippen molar-refractivity contribution in [2.75, 3.05) is 38.7 Å². The van der Waals surface area contributed by atoms with Crippen LogP contribution in [0.2, 0.25) is 0 Å². The number of ether oxygens (including phenoxy) is 1. The predicted octanol–water partition coefficient (Wildman–Crippen LogP) is 1.74. The third-order valence-electron chi connectivity index (χ3n) is 5.26. The number of nitrogens with one attached hydrogen (secondary N) is 1. The molecule has 150 valence electrons. The van der Waals surface area contributed by atoms with Crippen molar-refractivity contribution in [1.82, 2.24) is 9.80 Å². The Bertz CT molecular complexity index is 994. The van der Waals surface area contributed by atoms with Crippen molar-refractivity contribution in [3.63, 3.8) is 0 Å². The van der Waals surface area contributed by atoms with E-state index in [1.54, 1.807) is 36.4 Å². The zero-order valence-corrected chi connectivity index (χ0v) is 15.9. The first-order chi connectivity index (χ1) is 14.0. The summed E-state index contributed by atoms with van der Waals surface area (Å²) in [7, 11) is 1.43. The molecule has 7 nitrogen and oxygen atoms in total. The van der Waals surface area contributed by atoms with E-state index in [0.29, 0.717) is 28.9 Å². The Morgan fingerprint density at radius 1 is 1.17 bits per heavy atom. The molecule has 0 saturated carbocycles. The van der Waals surface area contributed by atoms with Gasteiger partial charge in [0.25, 0.3) is 5.91 Å². The summed E-state index contributed by atoms with van der Waals surface area (Å²) in [6.07, 6.45) is 0. The summed E-state index contributed by atoms with van der Waals surface area (Å²) in [4.78, 5) is 41.1. The Kier molecular flexibility index (Phi) is 5.02. The fourth-order valence-corrected chi connectivity index (χ4v) is 3.76. The van der Waals surface area contributed by atoms with Gasteiger partial charge < -0.3 is 19.9 Å². The molecule has 8 heteroatoms. The van der Waals surface area contributed by atoms with Gasteiger partial charge in [-0.3, -0.25) is 14.4 Å². The van der Waals surface area contributed by atoms with Gasteiger partial charge in [-0.1, -0.05) is 24.3 Å². The van der Waals surface area contributed by atoms with Gasteiger partial charge in [0, 0.05) is 25.8 Å². The number of methoxy groups -OCH3 is 1. The molecule has 0 spiro atoms. The summed E-state index contributed by atoms with van der Waals surface area (Å²) in [6.45, 7) is 0.582. The molecule has 1 atom stereocenters. The molecule has 2 heterocycles. The molecule has 2 aliphatic rings. The molecule has 29 heavy (non-hydrogen) atoms. The third kappa shape index (κ3) is 3.47. The highest BCUT2D eigenvalue weighted by Gasteiger charge is 2.40. The Hall–Kier alpha value is -3.26. The first-order valence-corrected chi connectivity index (χ1v) is 9.27. The number of nitrogens with zero attached hydrogens (tertiary/aromatic N) is 2. The lowest BCUT2D eigenvalue weighted by molar-refractivity contribution is -0.139. The van der Waals surface area contributed by atoms with Crippen LogP contribution >= 0.6 is 0 Å². The van der Waals surface area contributed by atoms with Crippen molar-refractivity contribution >= 4 is 23.4 Å². The van der Waals surface area contributed by atoms with Gasteiger partial charge >= 0.3 is 0 Å². The number of fused-ring (bicyclic) bond motifs is 2. The van der Waals surface area contributed by atoms with Crippen molar-refractivity contribution in [2.24, 2.45) is 0 Å². The summed E-state index contributed by atoms with van der Waals surface area (Å²) in [5.74, 6) is -1.29. The second-order valence-electron chi connectivity index (χ2n) is 7.02. The van der Waals surface area contributed by atoms with Crippen LogP contribution in [0.3, 0.4) is 0 Å². The van der Waals surface area contributed by atoms with Crippen molar-refractivity contribution < 1.29 is 23.5 Å².